The molecule has 1 aromatic heterocycles. The van der Waals surface area contributed by atoms with Crippen molar-refractivity contribution in [1.29, 1.82) is 0 Å². The fourth-order valence-corrected chi connectivity index (χ4v) is 2.05. The first-order chi connectivity index (χ1) is 9.24. The van der Waals surface area contributed by atoms with Crippen molar-refractivity contribution in [2.45, 2.75) is 19.9 Å². The lowest BCUT2D eigenvalue weighted by atomic mass is 10.1. The molecule has 2 rings (SSSR count). The Morgan fingerprint density at radius 2 is 2.11 bits per heavy atom. The molecule has 0 fully saturated rings. The molecule has 0 bridgehead atoms. The molecule has 0 radical (unpaired) electrons. The second kappa shape index (κ2) is 6.64. The zero-order chi connectivity index (χ0) is 13.7. The zero-order valence-corrected chi connectivity index (χ0v) is 12.0. The minimum absolute atomic E-state index is 0.665. The standard InChI is InChI=1S/C15H18ClNO2/c1-3-8-17-10-12-5-7-15(19-12)13-9-11(16)4-6-14(13)18-2/h4-7,9,17H,3,8,10H2,1-2H3. The first kappa shape index (κ1) is 14.0. The van der Waals surface area contributed by atoms with Crippen LogP contribution in [0.1, 0.15) is 19.1 Å². The fourth-order valence-electron chi connectivity index (χ4n) is 1.88. The number of rotatable bonds is 6. The Bertz CT molecular complexity index is 537. The summed E-state index contributed by atoms with van der Waals surface area (Å²) in [4.78, 5) is 0. The van der Waals surface area contributed by atoms with Gasteiger partial charge >= 0.3 is 0 Å². The van der Waals surface area contributed by atoms with Crippen molar-refractivity contribution in [1.82, 2.24) is 5.32 Å². The van der Waals surface area contributed by atoms with Gasteiger partial charge in [0.15, 0.2) is 0 Å². The van der Waals surface area contributed by atoms with Gasteiger partial charge in [-0.2, -0.15) is 0 Å². The lowest BCUT2D eigenvalue weighted by molar-refractivity contribution is 0.413. The maximum Gasteiger partial charge on any atom is 0.138 e. The monoisotopic (exact) mass is 279 g/mol. The summed E-state index contributed by atoms with van der Waals surface area (Å²) in [5.74, 6) is 2.44. The summed E-state index contributed by atoms with van der Waals surface area (Å²) in [5.41, 5.74) is 0.872. The molecule has 3 nitrogen and oxygen atoms in total. The highest BCUT2D eigenvalue weighted by Gasteiger charge is 2.11. The largest absolute Gasteiger partial charge is 0.496 e. The maximum absolute atomic E-state index is 6.02. The Labute approximate surface area is 118 Å². The molecule has 1 heterocycles. The van der Waals surface area contributed by atoms with Gasteiger partial charge < -0.3 is 14.5 Å². The van der Waals surface area contributed by atoms with E-state index >= 15 is 0 Å². The minimum Gasteiger partial charge on any atom is -0.496 e. The molecule has 0 aliphatic rings. The Hall–Kier alpha value is -1.45. The van der Waals surface area contributed by atoms with Crippen LogP contribution in [0, 0.1) is 0 Å². The predicted molar refractivity (Wildman–Crippen MR) is 77.7 cm³/mol. The van der Waals surface area contributed by atoms with E-state index < -0.39 is 0 Å². The van der Waals surface area contributed by atoms with Crippen molar-refractivity contribution in [3.63, 3.8) is 0 Å². The van der Waals surface area contributed by atoms with E-state index in [1.165, 1.54) is 0 Å². The third-order valence-electron chi connectivity index (χ3n) is 2.81. The Balaban J connectivity index is 2.20. The Morgan fingerprint density at radius 1 is 1.26 bits per heavy atom. The van der Waals surface area contributed by atoms with Crippen molar-refractivity contribution < 1.29 is 9.15 Å². The van der Waals surface area contributed by atoms with Crippen molar-refractivity contribution in [2.24, 2.45) is 0 Å². The van der Waals surface area contributed by atoms with Gasteiger partial charge in [-0.05, 0) is 43.3 Å². The van der Waals surface area contributed by atoms with Crippen LogP contribution < -0.4 is 10.1 Å². The normalized spacial score (nSPS) is 10.7. The maximum atomic E-state index is 6.02. The van der Waals surface area contributed by atoms with E-state index in [-0.39, 0.29) is 0 Å². The molecule has 0 unspecified atom stereocenters. The summed E-state index contributed by atoms with van der Waals surface area (Å²) in [6.07, 6.45) is 1.11. The minimum atomic E-state index is 0.665. The van der Waals surface area contributed by atoms with E-state index in [0.717, 1.165) is 42.3 Å². The first-order valence-electron chi connectivity index (χ1n) is 6.38. The van der Waals surface area contributed by atoms with Crippen LogP contribution in [-0.2, 0) is 6.54 Å². The van der Waals surface area contributed by atoms with E-state index in [1.54, 1.807) is 13.2 Å². The number of halogens is 1. The van der Waals surface area contributed by atoms with Gasteiger partial charge in [0.1, 0.15) is 17.3 Å². The molecule has 0 aliphatic heterocycles. The van der Waals surface area contributed by atoms with Crippen molar-refractivity contribution >= 4 is 11.6 Å². The SMILES string of the molecule is CCCNCc1ccc(-c2cc(Cl)ccc2OC)o1. The lowest BCUT2D eigenvalue weighted by Gasteiger charge is -2.06. The molecule has 19 heavy (non-hydrogen) atoms. The van der Waals surface area contributed by atoms with Gasteiger partial charge in [0.05, 0.1) is 19.2 Å². The van der Waals surface area contributed by atoms with Crippen molar-refractivity contribution in [3.05, 3.63) is 41.1 Å². The van der Waals surface area contributed by atoms with E-state index in [1.807, 2.05) is 24.3 Å². The van der Waals surface area contributed by atoms with Crippen molar-refractivity contribution in [2.75, 3.05) is 13.7 Å². The molecule has 1 N–H and O–H groups in total. The molecule has 1 aromatic carbocycles. The van der Waals surface area contributed by atoms with Gasteiger partial charge in [0.2, 0.25) is 0 Å². The summed E-state index contributed by atoms with van der Waals surface area (Å²) in [7, 11) is 1.64. The molecule has 0 aliphatic carbocycles. The molecule has 2 aromatic rings. The average Bonchev–Trinajstić information content (AvgIpc) is 2.88. The molecule has 0 saturated heterocycles. The van der Waals surface area contributed by atoms with Gasteiger partial charge in [-0.25, -0.2) is 0 Å². The zero-order valence-electron chi connectivity index (χ0n) is 11.2. The van der Waals surface area contributed by atoms with Crippen molar-refractivity contribution in [3.8, 4) is 17.1 Å². The molecular formula is C15H18ClNO2. The highest BCUT2D eigenvalue weighted by atomic mass is 35.5. The highest BCUT2D eigenvalue weighted by Crippen LogP contribution is 2.33. The molecule has 0 amide bonds. The number of methoxy groups -OCH3 is 1. The summed E-state index contributed by atoms with van der Waals surface area (Å²) in [6.45, 7) is 3.85. The summed E-state index contributed by atoms with van der Waals surface area (Å²) >= 11 is 6.02. The van der Waals surface area contributed by atoms with Crippen LogP contribution >= 0.6 is 11.6 Å². The van der Waals surface area contributed by atoms with Crippen LogP contribution in [0.3, 0.4) is 0 Å². The lowest BCUT2D eigenvalue weighted by Crippen LogP contribution is -2.12. The van der Waals surface area contributed by atoms with E-state index in [9.17, 15) is 0 Å². The Morgan fingerprint density at radius 3 is 2.84 bits per heavy atom. The van der Waals surface area contributed by atoms with Crippen LogP contribution in [0.5, 0.6) is 5.75 Å². The number of nitrogens with one attached hydrogen (secondary N) is 1. The molecular weight excluding hydrogens is 262 g/mol. The van der Waals surface area contributed by atoms with Gasteiger partial charge in [0.25, 0.3) is 0 Å². The number of hydrogen-bond donors (Lipinski definition) is 1. The number of furan rings is 1. The van der Waals surface area contributed by atoms with Crippen LogP contribution in [0.4, 0.5) is 0 Å². The quantitative estimate of drug-likeness (QED) is 0.808. The van der Waals surface area contributed by atoms with E-state index in [0.29, 0.717) is 5.02 Å². The van der Waals surface area contributed by atoms with Gasteiger partial charge in [-0.15, -0.1) is 0 Å². The number of benzene rings is 1. The smallest absolute Gasteiger partial charge is 0.138 e. The molecule has 4 heteroatoms. The van der Waals surface area contributed by atoms with Gasteiger partial charge in [-0.1, -0.05) is 18.5 Å². The third-order valence-corrected chi connectivity index (χ3v) is 3.05. The topological polar surface area (TPSA) is 34.4 Å². The molecule has 102 valence electrons. The van der Waals surface area contributed by atoms with Gasteiger partial charge in [0, 0.05) is 5.02 Å². The van der Waals surface area contributed by atoms with Crippen LogP contribution in [0.15, 0.2) is 34.7 Å². The van der Waals surface area contributed by atoms with E-state index in [2.05, 4.69) is 12.2 Å². The van der Waals surface area contributed by atoms with E-state index in [4.69, 9.17) is 20.8 Å². The Kier molecular flexibility index (Phi) is 4.88. The summed E-state index contributed by atoms with van der Waals surface area (Å²) < 4.78 is 11.1. The first-order valence-corrected chi connectivity index (χ1v) is 6.75. The molecule has 0 spiro atoms. The number of ether oxygens (including phenoxy) is 1. The van der Waals surface area contributed by atoms with Crippen LogP contribution in [0.2, 0.25) is 5.02 Å². The average molecular weight is 280 g/mol. The molecule has 0 saturated carbocycles. The fraction of sp³-hybridized carbons (Fsp3) is 0.333. The predicted octanol–water partition coefficient (Wildman–Crippen LogP) is 4.11. The second-order valence-electron chi connectivity index (χ2n) is 4.29. The van der Waals surface area contributed by atoms with Crippen LogP contribution in [0.25, 0.3) is 11.3 Å². The third kappa shape index (κ3) is 3.52. The van der Waals surface area contributed by atoms with Crippen LogP contribution in [-0.4, -0.2) is 13.7 Å². The number of hydrogen-bond acceptors (Lipinski definition) is 3. The second-order valence-corrected chi connectivity index (χ2v) is 4.72. The summed E-state index contributed by atoms with van der Waals surface area (Å²) in [5, 5.41) is 3.97. The molecule has 0 atom stereocenters. The summed E-state index contributed by atoms with van der Waals surface area (Å²) in [6, 6.07) is 9.41. The highest BCUT2D eigenvalue weighted by molar-refractivity contribution is 6.30. The van der Waals surface area contributed by atoms with Gasteiger partial charge in [-0.3, -0.25) is 0 Å².